The zero-order valence-corrected chi connectivity index (χ0v) is 10.8. The fourth-order valence-electron chi connectivity index (χ4n) is 1.10. The van der Waals surface area contributed by atoms with Crippen molar-refractivity contribution < 1.29 is 66.2 Å². The molecule has 0 aromatic carbocycles. The average Bonchev–Trinajstić information content (AvgIpc) is 2.35. The first-order valence-corrected chi connectivity index (χ1v) is 5.38. The minimum Gasteiger partial charge on any atom is -0.369 e. The standard InChI is InChI=1S/C9H6F14O/c10-3(8(19,20)21)5(13,14)1-24-2-6(15,16)9(22,23)7(17,18)4(11)12/h3-4H,1-2H2. The lowest BCUT2D eigenvalue weighted by molar-refractivity contribution is -0.348. The minimum atomic E-state index is -6.79. The molecule has 0 aromatic heterocycles. The lowest BCUT2D eigenvalue weighted by atomic mass is 10.1. The van der Waals surface area contributed by atoms with Crippen LogP contribution in [0.2, 0.25) is 0 Å². The topological polar surface area (TPSA) is 9.23 Å². The number of alkyl halides is 14. The molecule has 0 spiro atoms. The third-order valence-electron chi connectivity index (χ3n) is 2.39. The Bertz CT molecular complexity index is 413. The maximum atomic E-state index is 12.8. The van der Waals surface area contributed by atoms with Gasteiger partial charge in [-0.25, -0.2) is 22.0 Å². The Hall–Kier alpha value is -1.02. The van der Waals surface area contributed by atoms with Gasteiger partial charge in [-0.2, -0.15) is 39.5 Å². The van der Waals surface area contributed by atoms with Crippen molar-refractivity contribution >= 4 is 0 Å². The van der Waals surface area contributed by atoms with Crippen molar-refractivity contribution in [3.63, 3.8) is 0 Å². The van der Waals surface area contributed by atoms with Gasteiger partial charge < -0.3 is 4.74 Å². The SMILES string of the molecule is FC(C(F)(F)F)C(F)(F)COCC(F)(F)C(F)(F)C(F)(F)C(F)F. The van der Waals surface area contributed by atoms with E-state index in [1.165, 1.54) is 0 Å². The van der Waals surface area contributed by atoms with Crippen LogP contribution < -0.4 is 0 Å². The summed E-state index contributed by atoms with van der Waals surface area (Å²) in [6.45, 7) is -5.94. The summed E-state index contributed by atoms with van der Waals surface area (Å²) >= 11 is 0. The van der Waals surface area contributed by atoms with Gasteiger partial charge in [-0.15, -0.1) is 0 Å². The third kappa shape index (κ3) is 4.53. The molecule has 0 saturated heterocycles. The highest BCUT2D eigenvalue weighted by Crippen LogP contribution is 2.48. The van der Waals surface area contributed by atoms with Crippen LogP contribution in [0.4, 0.5) is 61.5 Å². The Balaban J connectivity index is 5.04. The second kappa shape index (κ2) is 6.71. The molecule has 0 heterocycles. The molecule has 24 heavy (non-hydrogen) atoms. The number of hydrogen-bond acceptors (Lipinski definition) is 1. The van der Waals surface area contributed by atoms with Crippen LogP contribution in [-0.2, 0) is 4.74 Å². The van der Waals surface area contributed by atoms with E-state index < -0.39 is 55.7 Å². The lowest BCUT2D eigenvalue weighted by Crippen LogP contribution is -2.59. The summed E-state index contributed by atoms with van der Waals surface area (Å²) in [6.07, 6.45) is -16.4. The van der Waals surface area contributed by atoms with Crippen molar-refractivity contribution in [2.75, 3.05) is 13.2 Å². The van der Waals surface area contributed by atoms with Gasteiger partial charge in [-0.05, 0) is 0 Å². The first-order chi connectivity index (χ1) is 10.3. The van der Waals surface area contributed by atoms with Crippen molar-refractivity contribution in [3.8, 4) is 0 Å². The molecule has 0 aliphatic carbocycles. The van der Waals surface area contributed by atoms with E-state index in [2.05, 4.69) is 4.74 Å². The van der Waals surface area contributed by atoms with Gasteiger partial charge >= 0.3 is 36.3 Å². The third-order valence-corrected chi connectivity index (χ3v) is 2.39. The van der Waals surface area contributed by atoms with Gasteiger partial charge in [0.05, 0.1) is 0 Å². The molecule has 0 radical (unpaired) electrons. The second-order valence-corrected chi connectivity index (χ2v) is 4.36. The van der Waals surface area contributed by atoms with E-state index in [0.717, 1.165) is 0 Å². The molecule has 0 amide bonds. The van der Waals surface area contributed by atoms with Crippen molar-refractivity contribution in [1.82, 2.24) is 0 Å². The molecule has 1 nitrogen and oxygen atoms in total. The van der Waals surface area contributed by atoms with Gasteiger partial charge in [0.1, 0.15) is 13.2 Å². The summed E-state index contributed by atoms with van der Waals surface area (Å²) < 4.78 is 175. The van der Waals surface area contributed by atoms with E-state index in [1.54, 1.807) is 0 Å². The van der Waals surface area contributed by atoms with Crippen LogP contribution in [0.15, 0.2) is 0 Å². The molecule has 0 rings (SSSR count). The molecule has 1 atom stereocenters. The molecule has 0 saturated carbocycles. The Morgan fingerprint density at radius 3 is 1.42 bits per heavy atom. The first kappa shape index (κ1) is 23.0. The quantitative estimate of drug-likeness (QED) is 0.540. The molecule has 0 fully saturated rings. The molecular weight excluding hydrogens is 390 g/mol. The van der Waals surface area contributed by atoms with Crippen LogP contribution in [0.3, 0.4) is 0 Å². The van der Waals surface area contributed by atoms with E-state index in [4.69, 9.17) is 0 Å². The Morgan fingerprint density at radius 1 is 0.667 bits per heavy atom. The van der Waals surface area contributed by atoms with Crippen molar-refractivity contribution in [2.24, 2.45) is 0 Å². The summed E-state index contributed by atoms with van der Waals surface area (Å²) in [5.41, 5.74) is 0. The smallest absolute Gasteiger partial charge is 0.369 e. The summed E-state index contributed by atoms with van der Waals surface area (Å²) in [5, 5.41) is 0. The number of rotatable bonds is 8. The number of hydrogen-bond donors (Lipinski definition) is 0. The summed E-state index contributed by atoms with van der Waals surface area (Å²) in [7, 11) is 0. The van der Waals surface area contributed by atoms with Gasteiger partial charge in [0.2, 0.25) is 0 Å². The Kier molecular flexibility index (Phi) is 6.42. The van der Waals surface area contributed by atoms with Crippen molar-refractivity contribution in [1.29, 1.82) is 0 Å². The first-order valence-electron chi connectivity index (χ1n) is 5.38. The van der Waals surface area contributed by atoms with E-state index in [-0.39, 0.29) is 0 Å². The maximum absolute atomic E-state index is 12.8. The van der Waals surface area contributed by atoms with E-state index in [9.17, 15) is 61.5 Å². The Labute approximate surface area is 123 Å². The van der Waals surface area contributed by atoms with E-state index >= 15 is 0 Å². The Morgan fingerprint density at radius 2 is 1.08 bits per heavy atom. The normalized spacial score (nSPS) is 16.6. The molecule has 15 heteroatoms. The molecule has 146 valence electrons. The predicted molar refractivity (Wildman–Crippen MR) is 47.6 cm³/mol. The summed E-state index contributed by atoms with van der Waals surface area (Å²) in [4.78, 5) is 0. The molecule has 0 bridgehead atoms. The van der Waals surface area contributed by atoms with Gasteiger partial charge in [0.25, 0.3) is 6.17 Å². The zero-order chi connectivity index (χ0) is 19.8. The van der Waals surface area contributed by atoms with Crippen LogP contribution in [0, 0.1) is 0 Å². The summed E-state index contributed by atoms with van der Waals surface area (Å²) in [5.74, 6) is -25.1. The molecule has 0 aliphatic heterocycles. The predicted octanol–water partition coefficient (Wildman–Crippen LogP) is 4.71. The van der Waals surface area contributed by atoms with E-state index in [1.807, 2.05) is 0 Å². The van der Waals surface area contributed by atoms with Crippen LogP contribution in [0.1, 0.15) is 0 Å². The van der Waals surface area contributed by atoms with Crippen LogP contribution in [0.25, 0.3) is 0 Å². The monoisotopic (exact) mass is 396 g/mol. The number of ether oxygens (including phenoxy) is 1. The van der Waals surface area contributed by atoms with Gasteiger partial charge in [0, 0.05) is 0 Å². The minimum absolute atomic E-state index is 2.85. The fraction of sp³-hybridized carbons (Fsp3) is 1.00. The zero-order valence-electron chi connectivity index (χ0n) is 10.8. The van der Waals surface area contributed by atoms with Crippen LogP contribution >= 0.6 is 0 Å². The molecular formula is C9H6F14O. The lowest BCUT2D eigenvalue weighted by Gasteiger charge is -2.32. The highest BCUT2D eigenvalue weighted by molar-refractivity contribution is 4.98. The van der Waals surface area contributed by atoms with E-state index in [0.29, 0.717) is 0 Å². The fourth-order valence-corrected chi connectivity index (χ4v) is 1.10. The summed E-state index contributed by atoms with van der Waals surface area (Å²) in [6, 6.07) is 0. The largest absolute Gasteiger partial charge is 0.425 e. The average molecular weight is 396 g/mol. The second-order valence-electron chi connectivity index (χ2n) is 4.36. The van der Waals surface area contributed by atoms with Crippen LogP contribution in [0.5, 0.6) is 0 Å². The molecule has 1 unspecified atom stereocenters. The van der Waals surface area contributed by atoms with Crippen LogP contribution in [-0.4, -0.2) is 55.7 Å². The van der Waals surface area contributed by atoms with Gasteiger partial charge in [-0.3, -0.25) is 0 Å². The molecule has 0 N–H and O–H groups in total. The van der Waals surface area contributed by atoms with Crippen molar-refractivity contribution in [3.05, 3.63) is 0 Å². The van der Waals surface area contributed by atoms with Crippen molar-refractivity contribution in [2.45, 2.75) is 42.5 Å². The molecule has 0 aliphatic rings. The van der Waals surface area contributed by atoms with Gasteiger partial charge in [0.15, 0.2) is 0 Å². The highest BCUT2D eigenvalue weighted by Gasteiger charge is 2.75. The maximum Gasteiger partial charge on any atom is 0.425 e. The van der Waals surface area contributed by atoms with Gasteiger partial charge in [-0.1, -0.05) is 0 Å². The highest BCUT2D eigenvalue weighted by atomic mass is 19.4. The molecule has 0 aromatic rings. The number of halogens is 14.